The average molecular weight is 448 g/mol. The summed E-state index contributed by atoms with van der Waals surface area (Å²) in [6.07, 6.45) is 5.57. The van der Waals surface area contributed by atoms with Crippen LogP contribution >= 0.6 is 15.9 Å². The van der Waals surface area contributed by atoms with E-state index in [9.17, 15) is 4.79 Å². The quantitative estimate of drug-likeness (QED) is 0.632. The Morgan fingerprint density at radius 2 is 2.00 bits per heavy atom. The highest BCUT2D eigenvalue weighted by molar-refractivity contribution is 9.10. The Labute approximate surface area is 176 Å². The fraction of sp³-hybridized carbons (Fsp3) is 0.545. The number of hydrogen-bond acceptors (Lipinski definition) is 4. The molecule has 3 rings (SSSR count). The fourth-order valence-electron chi connectivity index (χ4n) is 3.61. The first kappa shape index (κ1) is 21.1. The highest BCUT2D eigenvalue weighted by atomic mass is 79.9. The number of halogens is 1. The Morgan fingerprint density at radius 1 is 1.25 bits per heavy atom. The van der Waals surface area contributed by atoms with Gasteiger partial charge in [-0.25, -0.2) is 4.79 Å². The SMILES string of the molecule is C[C@@H]1CN(C(=O)OC(C)(C)C)CCCCN1Cc1ccc2cnccc2c1Br. The molecule has 0 N–H and O–H groups in total. The molecule has 0 spiro atoms. The van der Waals surface area contributed by atoms with Crippen LogP contribution in [-0.2, 0) is 11.3 Å². The highest BCUT2D eigenvalue weighted by Gasteiger charge is 2.27. The van der Waals surface area contributed by atoms with Crippen LogP contribution < -0.4 is 0 Å². The van der Waals surface area contributed by atoms with Crippen molar-refractivity contribution in [1.29, 1.82) is 0 Å². The smallest absolute Gasteiger partial charge is 0.410 e. The molecule has 1 aromatic heterocycles. The average Bonchev–Trinajstić information content (AvgIpc) is 2.62. The van der Waals surface area contributed by atoms with Gasteiger partial charge in [-0.1, -0.05) is 12.1 Å². The molecule has 2 heterocycles. The normalized spacial score (nSPS) is 19.3. The number of pyridine rings is 1. The Bertz CT molecular complexity index is 834. The zero-order chi connectivity index (χ0) is 20.3. The molecule has 1 saturated heterocycles. The van der Waals surface area contributed by atoms with Gasteiger partial charge in [0.25, 0.3) is 0 Å². The number of amides is 1. The zero-order valence-electron chi connectivity index (χ0n) is 17.2. The lowest BCUT2D eigenvalue weighted by Gasteiger charge is -2.37. The van der Waals surface area contributed by atoms with Gasteiger partial charge in [0, 0.05) is 47.9 Å². The van der Waals surface area contributed by atoms with Crippen LogP contribution in [0, 0.1) is 0 Å². The van der Waals surface area contributed by atoms with Crippen molar-refractivity contribution in [3.05, 3.63) is 40.6 Å². The number of rotatable bonds is 2. The third-order valence-corrected chi connectivity index (χ3v) is 6.03. The van der Waals surface area contributed by atoms with E-state index in [1.54, 1.807) is 0 Å². The first-order chi connectivity index (χ1) is 13.2. The molecule has 28 heavy (non-hydrogen) atoms. The minimum absolute atomic E-state index is 0.208. The van der Waals surface area contributed by atoms with E-state index < -0.39 is 5.60 Å². The van der Waals surface area contributed by atoms with Crippen molar-refractivity contribution in [3.63, 3.8) is 0 Å². The van der Waals surface area contributed by atoms with Gasteiger partial charge < -0.3 is 9.64 Å². The molecule has 1 fully saturated rings. The second-order valence-corrected chi connectivity index (χ2v) is 9.38. The number of benzene rings is 1. The monoisotopic (exact) mass is 447 g/mol. The number of ether oxygens (including phenoxy) is 1. The molecule has 6 heteroatoms. The molecule has 152 valence electrons. The topological polar surface area (TPSA) is 45.7 Å². The Balaban J connectivity index is 1.74. The molecule has 0 unspecified atom stereocenters. The maximum absolute atomic E-state index is 12.6. The summed E-state index contributed by atoms with van der Waals surface area (Å²) in [4.78, 5) is 21.1. The number of carbonyl (C=O) groups is 1. The van der Waals surface area contributed by atoms with Gasteiger partial charge in [0.2, 0.25) is 0 Å². The van der Waals surface area contributed by atoms with Crippen LogP contribution in [0.3, 0.4) is 0 Å². The Hall–Kier alpha value is -1.66. The van der Waals surface area contributed by atoms with Crippen molar-refractivity contribution in [3.8, 4) is 0 Å². The van der Waals surface area contributed by atoms with Gasteiger partial charge in [0.1, 0.15) is 5.60 Å². The van der Waals surface area contributed by atoms with Crippen LogP contribution in [0.15, 0.2) is 35.1 Å². The lowest BCUT2D eigenvalue weighted by Crippen LogP contribution is -2.48. The Kier molecular flexibility index (Phi) is 6.61. The number of carbonyl (C=O) groups excluding carboxylic acids is 1. The summed E-state index contributed by atoms with van der Waals surface area (Å²) in [6, 6.07) is 6.60. The summed E-state index contributed by atoms with van der Waals surface area (Å²) in [7, 11) is 0. The van der Waals surface area contributed by atoms with Crippen LogP contribution in [0.4, 0.5) is 4.79 Å². The summed E-state index contributed by atoms with van der Waals surface area (Å²) >= 11 is 3.79. The van der Waals surface area contributed by atoms with Gasteiger partial charge in [0.15, 0.2) is 0 Å². The predicted octanol–water partition coefficient (Wildman–Crippen LogP) is 5.22. The number of nitrogens with zero attached hydrogens (tertiary/aromatic N) is 3. The van der Waals surface area contributed by atoms with Gasteiger partial charge in [0.05, 0.1) is 0 Å². The molecule has 1 aromatic carbocycles. The van der Waals surface area contributed by atoms with E-state index in [0.717, 1.165) is 42.3 Å². The van der Waals surface area contributed by atoms with Gasteiger partial charge in [-0.15, -0.1) is 0 Å². The van der Waals surface area contributed by atoms with Gasteiger partial charge in [-0.05, 0) is 80.0 Å². The van der Waals surface area contributed by atoms with Crippen LogP contribution in [0.1, 0.15) is 46.1 Å². The minimum atomic E-state index is -0.465. The molecule has 1 amide bonds. The summed E-state index contributed by atoms with van der Waals surface area (Å²) in [5.41, 5.74) is 0.794. The van der Waals surface area contributed by atoms with E-state index in [-0.39, 0.29) is 12.1 Å². The standard InChI is InChI=1S/C22H30BrN3O2/c1-16-14-26(21(27)28-22(2,3)4)12-6-5-11-25(16)15-18-8-7-17-13-24-10-9-19(17)20(18)23/h7-10,13,16H,5-6,11-12,14-15H2,1-4H3/t16-/m1/s1. The first-order valence-electron chi connectivity index (χ1n) is 9.97. The molecule has 0 bridgehead atoms. The minimum Gasteiger partial charge on any atom is -0.444 e. The van der Waals surface area contributed by atoms with Crippen LogP contribution in [-0.4, -0.2) is 52.2 Å². The van der Waals surface area contributed by atoms with E-state index >= 15 is 0 Å². The molecule has 0 aliphatic carbocycles. The molecule has 0 saturated carbocycles. The number of fused-ring (bicyclic) bond motifs is 1. The highest BCUT2D eigenvalue weighted by Crippen LogP contribution is 2.29. The van der Waals surface area contributed by atoms with E-state index in [1.807, 2.05) is 44.1 Å². The maximum atomic E-state index is 12.6. The maximum Gasteiger partial charge on any atom is 0.410 e. The third kappa shape index (κ3) is 5.23. The van der Waals surface area contributed by atoms with Gasteiger partial charge in [-0.3, -0.25) is 9.88 Å². The summed E-state index contributed by atoms with van der Waals surface area (Å²) < 4.78 is 6.73. The van der Waals surface area contributed by atoms with E-state index in [2.05, 4.69) is 44.9 Å². The lowest BCUT2D eigenvalue weighted by molar-refractivity contribution is 0.0155. The third-order valence-electron chi connectivity index (χ3n) is 5.09. The summed E-state index contributed by atoms with van der Waals surface area (Å²) in [6.45, 7) is 11.3. The molecule has 5 nitrogen and oxygen atoms in total. The summed E-state index contributed by atoms with van der Waals surface area (Å²) in [5.74, 6) is 0. The van der Waals surface area contributed by atoms with Gasteiger partial charge in [-0.2, -0.15) is 0 Å². The van der Waals surface area contributed by atoms with Crippen LogP contribution in [0.5, 0.6) is 0 Å². The second kappa shape index (κ2) is 8.78. The molecule has 2 aromatic rings. The van der Waals surface area contributed by atoms with Crippen molar-refractivity contribution in [1.82, 2.24) is 14.8 Å². The number of aromatic nitrogens is 1. The molecule has 1 atom stereocenters. The van der Waals surface area contributed by atoms with E-state index in [4.69, 9.17) is 4.74 Å². The second-order valence-electron chi connectivity index (χ2n) is 8.59. The Morgan fingerprint density at radius 3 is 2.75 bits per heavy atom. The molecule has 0 radical (unpaired) electrons. The zero-order valence-corrected chi connectivity index (χ0v) is 18.8. The molecular weight excluding hydrogens is 418 g/mol. The van der Waals surface area contributed by atoms with Gasteiger partial charge >= 0.3 is 6.09 Å². The largest absolute Gasteiger partial charge is 0.444 e. The van der Waals surface area contributed by atoms with E-state index in [1.165, 1.54) is 10.9 Å². The molecule has 1 aliphatic rings. The van der Waals surface area contributed by atoms with Crippen molar-refractivity contribution in [2.24, 2.45) is 0 Å². The fourth-order valence-corrected chi connectivity index (χ4v) is 4.23. The van der Waals surface area contributed by atoms with Crippen molar-refractivity contribution in [2.75, 3.05) is 19.6 Å². The van der Waals surface area contributed by atoms with Crippen molar-refractivity contribution in [2.45, 2.75) is 58.7 Å². The lowest BCUT2D eigenvalue weighted by atomic mass is 10.1. The van der Waals surface area contributed by atoms with Crippen molar-refractivity contribution < 1.29 is 9.53 Å². The molecular formula is C22H30BrN3O2. The predicted molar refractivity (Wildman–Crippen MR) is 116 cm³/mol. The first-order valence-corrected chi connectivity index (χ1v) is 10.8. The van der Waals surface area contributed by atoms with Crippen molar-refractivity contribution >= 4 is 32.8 Å². The van der Waals surface area contributed by atoms with Crippen LogP contribution in [0.2, 0.25) is 0 Å². The van der Waals surface area contributed by atoms with E-state index in [0.29, 0.717) is 6.54 Å². The number of hydrogen-bond donors (Lipinski definition) is 0. The summed E-state index contributed by atoms with van der Waals surface area (Å²) in [5, 5.41) is 2.32. The van der Waals surface area contributed by atoms with Crippen LogP contribution in [0.25, 0.3) is 10.8 Å². The molecule has 1 aliphatic heterocycles.